The highest BCUT2D eigenvalue weighted by molar-refractivity contribution is 6.39. The Labute approximate surface area is 107 Å². The first-order valence-corrected chi connectivity index (χ1v) is 5.55. The molecule has 1 rings (SSSR count). The highest BCUT2D eigenvalue weighted by Gasteiger charge is 2.37. The number of nitrogens with one attached hydrogen (secondary N) is 1. The van der Waals surface area contributed by atoms with E-state index in [1.165, 1.54) is 0 Å². The number of carbonyl (C=O) groups excluding carboxylic acids is 2. The fourth-order valence-electron chi connectivity index (χ4n) is 1.16. The molecule has 1 atom stereocenters. The summed E-state index contributed by atoms with van der Waals surface area (Å²) in [5.41, 5.74) is 0. The minimum absolute atomic E-state index is 0.167. The van der Waals surface area contributed by atoms with Gasteiger partial charge in [-0.25, -0.2) is 4.39 Å². The lowest BCUT2D eigenvalue weighted by Crippen LogP contribution is -2.46. The topological polar surface area (TPSA) is 55.4 Å². The van der Waals surface area contributed by atoms with E-state index in [1.54, 1.807) is 6.92 Å². The lowest BCUT2D eigenvalue weighted by molar-refractivity contribution is -0.145. The number of carbonyl (C=O) groups is 2. The maximum Gasteiger partial charge on any atom is 0.313 e. The van der Waals surface area contributed by atoms with Crippen molar-refractivity contribution in [1.82, 2.24) is 5.32 Å². The number of Topliss-reactive ketones (excluding diaryl/α,β-unsaturated/α-hetero) is 1. The molecule has 7 heteroatoms. The third-order valence-corrected chi connectivity index (χ3v) is 2.68. The van der Waals surface area contributed by atoms with E-state index in [1.807, 2.05) is 0 Å². The number of rotatable bonds is 4. The molecule has 0 fully saturated rings. The average molecular weight is 282 g/mol. The van der Waals surface area contributed by atoms with Crippen LogP contribution >= 0.6 is 23.2 Å². The van der Waals surface area contributed by atoms with Gasteiger partial charge in [-0.3, -0.25) is 9.59 Å². The number of esters is 1. The monoisotopic (exact) mass is 281 g/mol. The van der Waals surface area contributed by atoms with Crippen molar-refractivity contribution in [2.75, 3.05) is 6.61 Å². The third kappa shape index (κ3) is 3.44. The molecular weight excluding hydrogens is 272 g/mol. The summed E-state index contributed by atoms with van der Waals surface area (Å²) in [6, 6.07) is 0. The van der Waals surface area contributed by atoms with E-state index in [2.05, 4.69) is 10.1 Å². The van der Waals surface area contributed by atoms with Gasteiger partial charge < -0.3 is 10.1 Å². The van der Waals surface area contributed by atoms with Crippen LogP contribution in [0.25, 0.3) is 0 Å². The Balaban J connectivity index is 2.71. The van der Waals surface area contributed by atoms with Gasteiger partial charge in [0.1, 0.15) is 11.6 Å². The zero-order chi connectivity index (χ0) is 13.1. The lowest BCUT2D eigenvalue weighted by atomic mass is 10.1. The molecule has 0 radical (unpaired) electrons. The normalized spacial score (nSPS) is 23.3. The molecule has 0 saturated heterocycles. The first kappa shape index (κ1) is 14.0. The van der Waals surface area contributed by atoms with Gasteiger partial charge in [-0.15, -0.1) is 0 Å². The van der Waals surface area contributed by atoms with Crippen molar-refractivity contribution in [3.05, 3.63) is 23.1 Å². The van der Waals surface area contributed by atoms with Crippen molar-refractivity contribution in [3.63, 3.8) is 0 Å². The molecule has 1 heterocycles. The van der Waals surface area contributed by atoms with Gasteiger partial charge in [-0.1, -0.05) is 23.2 Å². The van der Waals surface area contributed by atoms with Gasteiger partial charge in [0.15, 0.2) is 16.6 Å². The number of ketones is 1. The molecular formula is C10H10Cl2FNO3. The van der Waals surface area contributed by atoms with Crippen LogP contribution in [-0.4, -0.2) is 23.4 Å². The molecule has 0 aromatic carbocycles. The Bertz CT molecular complexity index is 408. The van der Waals surface area contributed by atoms with E-state index < -0.39 is 29.0 Å². The zero-order valence-corrected chi connectivity index (χ0v) is 10.4. The van der Waals surface area contributed by atoms with E-state index in [0.29, 0.717) is 0 Å². The number of alkyl halides is 1. The largest absolute Gasteiger partial charge is 0.466 e. The number of ether oxygens (including phenoxy) is 1. The lowest BCUT2D eigenvalue weighted by Gasteiger charge is -2.26. The summed E-state index contributed by atoms with van der Waals surface area (Å²) in [7, 11) is 0. The summed E-state index contributed by atoms with van der Waals surface area (Å²) < 4.78 is 17.5. The van der Waals surface area contributed by atoms with Crippen molar-refractivity contribution >= 4 is 35.0 Å². The SMILES string of the molecule is CCOC(=O)CC(=O)C1(Cl)C=CC(F)=C(Cl)N1. The van der Waals surface area contributed by atoms with Gasteiger partial charge in [0, 0.05) is 0 Å². The summed E-state index contributed by atoms with van der Waals surface area (Å²) in [5, 5.41) is 1.91. The average Bonchev–Trinajstić information content (AvgIpc) is 2.24. The van der Waals surface area contributed by atoms with Crippen LogP contribution < -0.4 is 5.32 Å². The summed E-state index contributed by atoms with van der Waals surface area (Å²) >= 11 is 11.4. The van der Waals surface area contributed by atoms with Crippen LogP contribution in [0.1, 0.15) is 13.3 Å². The van der Waals surface area contributed by atoms with Crippen molar-refractivity contribution in [2.45, 2.75) is 18.3 Å². The minimum Gasteiger partial charge on any atom is -0.466 e. The number of dihydropyridines is 1. The first-order valence-electron chi connectivity index (χ1n) is 4.79. The smallest absolute Gasteiger partial charge is 0.313 e. The Hall–Kier alpha value is -1.07. The maximum absolute atomic E-state index is 12.9. The van der Waals surface area contributed by atoms with E-state index in [0.717, 1.165) is 12.2 Å². The molecule has 0 amide bonds. The Kier molecular flexibility index (Phi) is 4.54. The second-order valence-corrected chi connectivity index (χ2v) is 4.21. The quantitative estimate of drug-likeness (QED) is 0.371. The van der Waals surface area contributed by atoms with Crippen LogP contribution in [0.15, 0.2) is 23.1 Å². The molecule has 0 aromatic heterocycles. The van der Waals surface area contributed by atoms with Crippen LogP contribution in [0.4, 0.5) is 4.39 Å². The maximum atomic E-state index is 12.9. The van der Waals surface area contributed by atoms with Crippen molar-refractivity contribution in [2.24, 2.45) is 0 Å². The van der Waals surface area contributed by atoms with E-state index in [4.69, 9.17) is 23.2 Å². The second kappa shape index (κ2) is 5.51. The fourth-order valence-corrected chi connectivity index (χ4v) is 1.64. The Morgan fingerprint density at radius 2 is 2.24 bits per heavy atom. The predicted octanol–water partition coefficient (Wildman–Crippen LogP) is 1.98. The van der Waals surface area contributed by atoms with Gasteiger partial charge in [-0.05, 0) is 19.1 Å². The Morgan fingerprint density at radius 3 is 2.76 bits per heavy atom. The summed E-state index contributed by atoms with van der Waals surface area (Å²) in [5.74, 6) is -2.09. The molecule has 0 aliphatic carbocycles. The number of hydrogen-bond donors (Lipinski definition) is 1. The summed E-state index contributed by atoms with van der Waals surface area (Å²) in [6.07, 6.45) is 1.55. The summed E-state index contributed by atoms with van der Waals surface area (Å²) in [6.45, 7) is 1.78. The highest BCUT2D eigenvalue weighted by atomic mass is 35.5. The first-order chi connectivity index (χ1) is 7.89. The van der Waals surface area contributed by atoms with E-state index in [9.17, 15) is 14.0 Å². The van der Waals surface area contributed by atoms with Crippen molar-refractivity contribution < 1.29 is 18.7 Å². The van der Waals surface area contributed by atoms with Crippen LogP contribution in [0.2, 0.25) is 0 Å². The van der Waals surface area contributed by atoms with Crippen LogP contribution in [0.5, 0.6) is 0 Å². The van der Waals surface area contributed by atoms with Crippen molar-refractivity contribution in [3.8, 4) is 0 Å². The molecule has 4 nitrogen and oxygen atoms in total. The fraction of sp³-hybridized carbons (Fsp3) is 0.400. The molecule has 17 heavy (non-hydrogen) atoms. The highest BCUT2D eigenvalue weighted by Crippen LogP contribution is 2.27. The molecule has 1 unspecified atom stereocenters. The van der Waals surface area contributed by atoms with Gasteiger partial charge in [0.05, 0.1) is 6.61 Å². The standard InChI is InChI=1S/C10H10Cl2FNO3/c1-2-17-8(16)5-7(15)10(12)4-3-6(13)9(11)14-10/h3-4,14H,2,5H2,1H3. The molecule has 0 aromatic rings. The molecule has 1 aliphatic heterocycles. The predicted molar refractivity (Wildman–Crippen MR) is 61.1 cm³/mol. The van der Waals surface area contributed by atoms with Gasteiger partial charge in [0.25, 0.3) is 0 Å². The van der Waals surface area contributed by atoms with Gasteiger partial charge in [-0.2, -0.15) is 0 Å². The van der Waals surface area contributed by atoms with Crippen LogP contribution in [0, 0.1) is 0 Å². The number of hydrogen-bond acceptors (Lipinski definition) is 4. The molecule has 0 saturated carbocycles. The van der Waals surface area contributed by atoms with E-state index in [-0.39, 0.29) is 11.8 Å². The summed E-state index contributed by atoms with van der Waals surface area (Å²) in [4.78, 5) is 21.1. The van der Waals surface area contributed by atoms with Gasteiger partial charge >= 0.3 is 5.97 Å². The Morgan fingerprint density at radius 1 is 1.59 bits per heavy atom. The number of allylic oxidation sites excluding steroid dienone is 2. The molecule has 1 aliphatic rings. The third-order valence-electron chi connectivity index (χ3n) is 1.98. The molecule has 94 valence electrons. The zero-order valence-electron chi connectivity index (χ0n) is 8.93. The molecule has 1 N–H and O–H groups in total. The molecule has 0 spiro atoms. The van der Waals surface area contributed by atoms with Crippen LogP contribution in [-0.2, 0) is 14.3 Å². The number of halogens is 3. The van der Waals surface area contributed by atoms with Gasteiger partial charge in [0.2, 0.25) is 0 Å². The van der Waals surface area contributed by atoms with Crippen molar-refractivity contribution in [1.29, 1.82) is 0 Å². The van der Waals surface area contributed by atoms with E-state index >= 15 is 0 Å². The minimum atomic E-state index is -1.71. The van der Waals surface area contributed by atoms with Crippen LogP contribution in [0.3, 0.4) is 0 Å². The molecule has 0 bridgehead atoms. The second-order valence-electron chi connectivity index (χ2n) is 3.24.